The zero-order valence-electron chi connectivity index (χ0n) is 19.8. The Labute approximate surface area is 206 Å². The smallest absolute Gasteiger partial charge is 0.460 e. The molecule has 1 atom stereocenters. The van der Waals surface area contributed by atoms with Gasteiger partial charge < -0.3 is 9.47 Å². The van der Waals surface area contributed by atoms with Crippen LogP contribution in [0.25, 0.3) is 0 Å². The van der Waals surface area contributed by atoms with Crippen LogP contribution < -0.4 is 4.74 Å². The third-order valence-corrected chi connectivity index (χ3v) is 5.45. The highest BCUT2D eigenvalue weighted by Gasteiger charge is 2.93. The predicted molar refractivity (Wildman–Crippen MR) is 101 cm³/mol. The first-order valence-electron chi connectivity index (χ1n) is 10.3. The second-order valence-corrected chi connectivity index (χ2v) is 8.92. The largest absolute Gasteiger partial charge is 0.493 e. The van der Waals surface area contributed by atoms with Gasteiger partial charge in [0.1, 0.15) is 5.75 Å². The van der Waals surface area contributed by atoms with Gasteiger partial charge in [0, 0.05) is 7.11 Å². The Morgan fingerprint density at radius 3 is 1.39 bits per heavy atom. The van der Waals surface area contributed by atoms with E-state index < -0.39 is 59.3 Å². The van der Waals surface area contributed by atoms with Crippen LogP contribution in [0.1, 0.15) is 32.8 Å². The highest BCUT2D eigenvalue weighted by atomic mass is 19.4. The average molecular weight is 590 g/mol. The van der Waals surface area contributed by atoms with Crippen molar-refractivity contribution in [2.45, 2.75) is 74.5 Å². The molecule has 0 radical (unpaired) electrons. The molecule has 0 aliphatic rings. The first kappa shape index (κ1) is 34.0. The van der Waals surface area contributed by atoms with Crippen LogP contribution >= 0.6 is 0 Å². The van der Waals surface area contributed by atoms with E-state index in [1.54, 1.807) is 13.8 Å². The number of ether oxygens (including phenoxy) is 2. The van der Waals surface area contributed by atoms with Crippen molar-refractivity contribution >= 4 is 0 Å². The molecule has 0 fully saturated rings. The molecule has 0 amide bonds. The minimum Gasteiger partial charge on any atom is -0.493 e. The molecule has 0 saturated carbocycles. The Kier molecular flexibility index (Phi) is 9.07. The van der Waals surface area contributed by atoms with Gasteiger partial charge in [-0.15, -0.1) is 0 Å². The maximum absolute atomic E-state index is 14.5. The van der Waals surface area contributed by atoms with E-state index in [-0.39, 0.29) is 18.3 Å². The summed E-state index contributed by atoms with van der Waals surface area (Å²) in [5, 5.41) is 0. The molecule has 1 aromatic rings. The van der Waals surface area contributed by atoms with Crippen LogP contribution in [-0.2, 0) is 10.3 Å². The third-order valence-electron chi connectivity index (χ3n) is 5.45. The first-order valence-corrected chi connectivity index (χ1v) is 10.3. The molecule has 17 heteroatoms. The Balaban J connectivity index is 3.48. The lowest BCUT2D eigenvalue weighted by molar-refractivity contribution is -0.453. The molecule has 2 nitrogen and oxygen atoms in total. The van der Waals surface area contributed by atoms with Crippen LogP contribution in [0.2, 0.25) is 0 Å². The molecule has 38 heavy (non-hydrogen) atoms. The fraction of sp³-hybridized carbons (Fsp3) is 0.714. The standard InChI is InChI=1S/C21H21F15O2/c1-11(2)9-38-13-7-5-12(6-8-13)14(3,37-4)10-15(22,23)16(24,25)17(26,27)18(28,29)19(30,31)20(32,33)21(34,35)36/h5-8,11H,9-10H2,1-4H3. The lowest BCUT2D eigenvalue weighted by Gasteiger charge is -2.43. The zero-order chi connectivity index (χ0) is 30.4. The summed E-state index contributed by atoms with van der Waals surface area (Å²) in [5.74, 6) is -46.7. The van der Waals surface area contributed by atoms with E-state index in [2.05, 4.69) is 4.74 Å². The molecule has 0 spiro atoms. The molecule has 0 bridgehead atoms. The normalized spacial score (nSPS) is 16.5. The molecule has 0 heterocycles. The van der Waals surface area contributed by atoms with Crippen LogP contribution in [0.4, 0.5) is 65.9 Å². The van der Waals surface area contributed by atoms with Gasteiger partial charge >= 0.3 is 41.7 Å². The third kappa shape index (κ3) is 5.48. The van der Waals surface area contributed by atoms with Crippen LogP contribution in [0.3, 0.4) is 0 Å². The van der Waals surface area contributed by atoms with Gasteiger partial charge in [-0.25, -0.2) is 0 Å². The second kappa shape index (κ2) is 10.2. The number of methoxy groups -OCH3 is 1. The minimum atomic E-state index is -8.33. The number of rotatable bonds is 12. The Bertz CT molecular complexity index is 939. The van der Waals surface area contributed by atoms with Gasteiger partial charge in [-0.1, -0.05) is 26.0 Å². The van der Waals surface area contributed by atoms with E-state index in [0.29, 0.717) is 14.0 Å². The molecule has 0 aromatic heterocycles. The van der Waals surface area contributed by atoms with Crippen LogP contribution in [0, 0.1) is 5.92 Å². The second-order valence-electron chi connectivity index (χ2n) is 8.92. The van der Waals surface area contributed by atoms with E-state index in [4.69, 9.17) is 4.74 Å². The summed E-state index contributed by atoms with van der Waals surface area (Å²) < 4.78 is 212. The summed E-state index contributed by atoms with van der Waals surface area (Å²) in [5.41, 5.74) is -3.19. The highest BCUT2D eigenvalue weighted by Crippen LogP contribution is 2.63. The molecule has 222 valence electrons. The van der Waals surface area contributed by atoms with Crippen molar-refractivity contribution in [2.75, 3.05) is 13.7 Å². The van der Waals surface area contributed by atoms with E-state index >= 15 is 0 Å². The maximum atomic E-state index is 14.5. The van der Waals surface area contributed by atoms with Gasteiger partial charge in [0.15, 0.2) is 0 Å². The fourth-order valence-corrected chi connectivity index (χ4v) is 2.99. The molecule has 0 aliphatic heterocycles. The van der Waals surface area contributed by atoms with Gasteiger partial charge in [0.25, 0.3) is 0 Å². The molecule has 1 unspecified atom stereocenters. The van der Waals surface area contributed by atoms with E-state index in [1.807, 2.05) is 0 Å². The topological polar surface area (TPSA) is 18.5 Å². The van der Waals surface area contributed by atoms with Crippen molar-refractivity contribution < 1.29 is 75.3 Å². The summed E-state index contributed by atoms with van der Waals surface area (Å²) in [6, 6.07) is 4.07. The lowest BCUT2D eigenvalue weighted by Crippen LogP contribution is -2.72. The van der Waals surface area contributed by atoms with E-state index in [1.165, 1.54) is 0 Å². The average Bonchev–Trinajstić information content (AvgIpc) is 2.76. The summed E-state index contributed by atoms with van der Waals surface area (Å²) in [7, 11) is 0.599. The van der Waals surface area contributed by atoms with Gasteiger partial charge in [0.2, 0.25) is 0 Å². The highest BCUT2D eigenvalue weighted by molar-refractivity contribution is 5.31. The quantitative estimate of drug-likeness (QED) is 0.228. The monoisotopic (exact) mass is 590 g/mol. The molecule has 0 N–H and O–H groups in total. The van der Waals surface area contributed by atoms with Crippen molar-refractivity contribution in [1.29, 1.82) is 0 Å². The van der Waals surface area contributed by atoms with Gasteiger partial charge in [0.05, 0.1) is 18.6 Å². The Morgan fingerprint density at radius 2 is 1.03 bits per heavy atom. The Hall–Kier alpha value is -2.07. The van der Waals surface area contributed by atoms with E-state index in [0.717, 1.165) is 24.3 Å². The SMILES string of the molecule is COC(C)(CC(F)(F)C(F)(F)C(F)(F)C(F)(F)C(F)(F)C(F)(F)C(F)(F)F)c1ccc(OCC(C)C)cc1. The Morgan fingerprint density at radius 1 is 0.632 bits per heavy atom. The number of halogens is 15. The lowest BCUT2D eigenvalue weighted by atomic mass is 9.83. The van der Waals surface area contributed by atoms with Crippen LogP contribution in [-0.4, -0.2) is 55.4 Å². The molecular formula is C21H21F15O2. The number of alkyl halides is 15. The maximum Gasteiger partial charge on any atom is 0.460 e. The first-order chi connectivity index (χ1) is 16.7. The fourth-order valence-electron chi connectivity index (χ4n) is 2.99. The minimum absolute atomic E-state index is 0.0306. The van der Waals surface area contributed by atoms with Gasteiger partial charge in [-0.3, -0.25) is 0 Å². The summed E-state index contributed by atoms with van der Waals surface area (Å²) in [6.07, 6.45) is -10.3. The van der Waals surface area contributed by atoms with Crippen molar-refractivity contribution in [2.24, 2.45) is 5.92 Å². The van der Waals surface area contributed by atoms with Crippen molar-refractivity contribution in [3.05, 3.63) is 29.8 Å². The summed E-state index contributed by atoms with van der Waals surface area (Å²) >= 11 is 0. The molecule has 0 aliphatic carbocycles. The molecule has 0 saturated heterocycles. The van der Waals surface area contributed by atoms with Crippen LogP contribution in [0.5, 0.6) is 5.75 Å². The van der Waals surface area contributed by atoms with Crippen LogP contribution in [0.15, 0.2) is 24.3 Å². The number of benzene rings is 1. The van der Waals surface area contributed by atoms with E-state index in [9.17, 15) is 65.9 Å². The van der Waals surface area contributed by atoms with Gasteiger partial charge in [-0.2, -0.15) is 65.9 Å². The van der Waals surface area contributed by atoms with Crippen molar-refractivity contribution in [3.63, 3.8) is 0 Å². The van der Waals surface area contributed by atoms with Gasteiger partial charge in [-0.05, 0) is 30.5 Å². The molecule has 1 aromatic carbocycles. The molecule has 1 rings (SSSR count). The number of hydrogen-bond donors (Lipinski definition) is 0. The summed E-state index contributed by atoms with van der Waals surface area (Å²) in [4.78, 5) is 0. The summed E-state index contributed by atoms with van der Waals surface area (Å²) in [6.45, 7) is 4.28. The molecular weight excluding hydrogens is 569 g/mol. The zero-order valence-corrected chi connectivity index (χ0v) is 19.8. The number of hydrogen-bond acceptors (Lipinski definition) is 2. The van der Waals surface area contributed by atoms with Crippen molar-refractivity contribution in [1.82, 2.24) is 0 Å². The predicted octanol–water partition coefficient (Wildman–Crippen LogP) is 8.35. The van der Waals surface area contributed by atoms with Crippen molar-refractivity contribution in [3.8, 4) is 5.75 Å².